The van der Waals surface area contributed by atoms with Gasteiger partial charge in [-0.2, -0.15) is 0 Å². The fourth-order valence-electron chi connectivity index (χ4n) is 5.88. The van der Waals surface area contributed by atoms with Gasteiger partial charge in [-0.05, 0) is 51.4 Å². The van der Waals surface area contributed by atoms with Crippen LogP contribution in [0.2, 0.25) is 0 Å². The molecule has 0 aromatic heterocycles. The van der Waals surface area contributed by atoms with Crippen LogP contribution in [0, 0.1) is 5.92 Å². The van der Waals surface area contributed by atoms with Crippen molar-refractivity contribution in [2.75, 3.05) is 0 Å². The normalized spacial score (nSPS) is 12.1. The zero-order chi connectivity index (χ0) is 31.5. The molecule has 0 aromatic rings. The first-order chi connectivity index (χ1) is 21.2. The second-order valence-corrected chi connectivity index (χ2v) is 13.0. The molecule has 0 heterocycles. The predicted octanol–water partition coefficient (Wildman–Crippen LogP) is 12.6. The molecule has 4 nitrogen and oxygen atoms in total. The maximum absolute atomic E-state index is 12.6. The standard InChI is InChI=1S/C39H72O4/c1-3-5-6-7-8-9-10-11-12-16-19-22-25-28-31-35-38(41)43-39(42)37(33-4-2)34-30-27-24-21-18-15-13-14-17-20-23-26-29-32-36-40/h11-12,36-37H,3-10,13-35H2,1-2H3. The Morgan fingerprint density at radius 1 is 0.488 bits per heavy atom. The van der Waals surface area contributed by atoms with Crippen molar-refractivity contribution in [3.05, 3.63) is 12.2 Å². The summed E-state index contributed by atoms with van der Waals surface area (Å²) in [6.07, 6.45) is 41.6. The van der Waals surface area contributed by atoms with Crippen molar-refractivity contribution in [1.29, 1.82) is 0 Å². The Kier molecular flexibility index (Phi) is 33.9. The molecule has 0 radical (unpaired) electrons. The summed E-state index contributed by atoms with van der Waals surface area (Å²) in [6.45, 7) is 4.36. The van der Waals surface area contributed by atoms with Crippen LogP contribution in [-0.2, 0) is 19.1 Å². The lowest BCUT2D eigenvalue weighted by Crippen LogP contribution is -2.21. The Balaban J connectivity index is 3.67. The minimum atomic E-state index is -0.332. The van der Waals surface area contributed by atoms with E-state index in [1.165, 1.54) is 122 Å². The van der Waals surface area contributed by atoms with Gasteiger partial charge in [-0.25, -0.2) is 0 Å². The topological polar surface area (TPSA) is 60.4 Å². The van der Waals surface area contributed by atoms with Gasteiger partial charge in [0.1, 0.15) is 6.29 Å². The monoisotopic (exact) mass is 605 g/mol. The highest BCUT2D eigenvalue weighted by Crippen LogP contribution is 2.20. The van der Waals surface area contributed by atoms with E-state index in [2.05, 4.69) is 26.0 Å². The van der Waals surface area contributed by atoms with E-state index in [0.29, 0.717) is 6.42 Å². The minimum Gasteiger partial charge on any atom is -0.393 e. The van der Waals surface area contributed by atoms with Crippen LogP contribution in [0.25, 0.3) is 0 Å². The molecule has 0 aliphatic heterocycles. The highest BCUT2D eigenvalue weighted by molar-refractivity contribution is 5.86. The predicted molar refractivity (Wildman–Crippen MR) is 184 cm³/mol. The summed E-state index contributed by atoms with van der Waals surface area (Å²) < 4.78 is 5.26. The van der Waals surface area contributed by atoms with Crippen LogP contribution in [0.5, 0.6) is 0 Å². The molecule has 0 rings (SSSR count). The van der Waals surface area contributed by atoms with E-state index in [9.17, 15) is 14.4 Å². The first kappa shape index (κ1) is 41.5. The van der Waals surface area contributed by atoms with Gasteiger partial charge < -0.3 is 9.53 Å². The number of hydrogen-bond donors (Lipinski definition) is 0. The second-order valence-electron chi connectivity index (χ2n) is 13.0. The quantitative estimate of drug-likeness (QED) is 0.0241. The second kappa shape index (κ2) is 35.0. The van der Waals surface area contributed by atoms with E-state index in [1.807, 2.05) is 0 Å². The molecule has 0 aromatic carbocycles. The smallest absolute Gasteiger partial charge is 0.316 e. The maximum atomic E-state index is 12.6. The molecular weight excluding hydrogens is 532 g/mol. The van der Waals surface area contributed by atoms with Crippen molar-refractivity contribution in [2.45, 2.75) is 213 Å². The van der Waals surface area contributed by atoms with Crippen LogP contribution >= 0.6 is 0 Å². The third-order valence-electron chi connectivity index (χ3n) is 8.70. The van der Waals surface area contributed by atoms with Gasteiger partial charge in [0.2, 0.25) is 0 Å². The zero-order valence-electron chi connectivity index (χ0n) is 28.9. The number of ether oxygens (including phenoxy) is 1. The van der Waals surface area contributed by atoms with Crippen molar-refractivity contribution in [3.8, 4) is 0 Å². The summed E-state index contributed by atoms with van der Waals surface area (Å²) in [5.41, 5.74) is 0. The lowest BCUT2D eigenvalue weighted by molar-refractivity contribution is -0.163. The van der Waals surface area contributed by atoms with Crippen molar-refractivity contribution in [1.82, 2.24) is 0 Å². The fraction of sp³-hybridized carbons (Fsp3) is 0.872. The molecule has 0 N–H and O–H groups in total. The highest BCUT2D eigenvalue weighted by Gasteiger charge is 2.21. The molecule has 0 saturated heterocycles. The van der Waals surface area contributed by atoms with Gasteiger partial charge in [-0.15, -0.1) is 0 Å². The Hall–Kier alpha value is -1.45. The number of hydrogen-bond acceptors (Lipinski definition) is 4. The van der Waals surface area contributed by atoms with E-state index < -0.39 is 0 Å². The fourth-order valence-corrected chi connectivity index (χ4v) is 5.88. The SMILES string of the molecule is CCCCCCCCC=CCCCCCCCC(=O)OC(=O)C(CCC)CCCCCCCCCCCCCCCC=O. The molecule has 1 atom stereocenters. The number of carbonyl (C=O) groups is 3. The summed E-state index contributed by atoms with van der Waals surface area (Å²) in [5, 5.41) is 0. The van der Waals surface area contributed by atoms with Crippen LogP contribution in [0.4, 0.5) is 0 Å². The Labute approximate surface area is 268 Å². The van der Waals surface area contributed by atoms with Gasteiger partial charge in [0.15, 0.2) is 0 Å². The first-order valence-corrected chi connectivity index (χ1v) is 19.0. The molecule has 0 aliphatic carbocycles. The van der Waals surface area contributed by atoms with Gasteiger partial charge in [0.25, 0.3) is 0 Å². The van der Waals surface area contributed by atoms with E-state index in [-0.39, 0.29) is 17.9 Å². The molecule has 0 aliphatic rings. The van der Waals surface area contributed by atoms with Crippen LogP contribution in [0.3, 0.4) is 0 Å². The van der Waals surface area contributed by atoms with Gasteiger partial charge in [-0.3, -0.25) is 9.59 Å². The van der Waals surface area contributed by atoms with E-state index in [1.54, 1.807) is 0 Å². The average Bonchev–Trinajstić information content (AvgIpc) is 3.00. The maximum Gasteiger partial charge on any atom is 0.316 e. The summed E-state index contributed by atoms with van der Waals surface area (Å²) in [4.78, 5) is 35.2. The van der Waals surface area contributed by atoms with E-state index in [0.717, 1.165) is 76.9 Å². The average molecular weight is 605 g/mol. The van der Waals surface area contributed by atoms with Crippen LogP contribution in [-0.4, -0.2) is 18.2 Å². The van der Waals surface area contributed by atoms with Crippen LogP contribution < -0.4 is 0 Å². The van der Waals surface area contributed by atoms with Crippen molar-refractivity contribution in [2.24, 2.45) is 5.92 Å². The number of esters is 2. The molecule has 43 heavy (non-hydrogen) atoms. The van der Waals surface area contributed by atoms with Crippen LogP contribution in [0.1, 0.15) is 213 Å². The molecule has 0 bridgehead atoms. The van der Waals surface area contributed by atoms with Crippen LogP contribution in [0.15, 0.2) is 12.2 Å². The lowest BCUT2D eigenvalue weighted by atomic mass is 9.96. The summed E-state index contributed by atoms with van der Waals surface area (Å²) >= 11 is 0. The van der Waals surface area contributed by atoms with Gasteiger partial charge in [0.05, 0.1) is 5.92 Å². The largest absolute Gasteiger partial charge is 0.393 e. The van der Waals surface area contributed by atoms with Gasteiger partial charge >= 0.3 is 11.9 Å². The Morgan fingerprint density at radius 2 is 0.907 bits per heavy atom. The number of unbranched alkanes of at least 4 members (excludes halogenated alkanes) is 24. The number of aldehydes is 1. The lowest BCUT2D eigenvalue weighted by Gasteiger charge is -2.14. The third kappa shape index (κ3) is 31.8. The zero-order valence-corrected chi connectivity index (χ0v) is 28.9. The molecule has 0 saturated carbocycles. The van der Waals surface area contributed by atoms with Crippen molar-refractivity contribution < 1.29 is 19.1 Å². The molecule has 1 unspecified atom stereocenters. The van der Waals surface area contributed by atoms with Crippen molar-refractivity contribution >= 4 is 18.2 Å². The van der Waals surface area contributed by atoms with E-state index >= 15 is 0 Å². The molecule has 4 heteroatoms. The molecule has 0 spiro atoms. The van der Waals surface area contributed by atoms with Gasteiger partial charge in [-0.1, -0.05) is 161 Å². The summed E-state index contributed by atoms with van der Waals surface area (Å²) in [7, 11) is 0. The molecule has 0 fully saturated rings. The highest BCUT2D eigenvalue weighted by atomic mass is 16.6. The third-order valence-corrected chi connectivity index (χ3v) is 8.70. The number of rotatable bonds is 34. The first-order valence-electron chi connectivity index (χ1n) is 19.0. The van der Waals surface area contributed by atoms with E-state index in [4.69, 9.17) is 4.74 Å². The van der Waals surface area contributed by atoms with Crippen molar-refractivity contribution in [3.63, 3.8) is 0 Å². The minimum absolute atomic E-state index is 0.124. The number of allylic oxidation sites excluding steroid dienone is 2. The summed E-state index contributed by atoms with van der Waals surface area (Å²) in [5.74, 6) is -0.744. The Morgan fingerprint density at radius 3 is 1.37 bits per heavy atom. The number of carbonyl (C=O) groups excluding carboxylic acids is 3. The molecule has 0 amide bonds. The Bertz CT molecular complexity index is 641. The summed E-state index contributed by atoms with van der Waals surface area (Å²) in [6, 6.07) is 0. The molecule has 252 valence electrons. The van der Waals surface area contributed by atoms with Gasteiger partial charge in [0, 0.05) is 12.8 Å². The molecular formula is C39H72O4.